The molecular weight excluding hydrogens is 340 g/mol. The molecule has 3 fully saturated rings. The predicted octanol–water partition coefficient (Wildman–Crippen LogP) is 2.40. The maximum Gasteiger partial charge on any atom is 0.327 e. The Morgan fingerprint density at radius 2 is 1.78 bits per heavy atom. The first-order valence-corrected chi connectivity index (χ1v) is 10.3. The molecule has 3 heterocycles. The van der Waals surface area contributed by atoms with E-state index in [0.717, 1.165) is 58.4 Å². The fraction of sp³-hybridized carbons (Fsp3) is 0.619. The zero-order valence-corrected chi connectivity index (χ0v) is 16.2. The summed E-state index contributed by atoms with van der Waals surface area (Å²) < 4.78 is 0. The van der Waals surface area contributed by atoms with E-state index in [9.17, 15) is 9.59 Å². The lowest BCUT2D eigenvalue weighted by Gasteiger charge is -2.41. The van der Waals surface area contributed by atoms with Crippen molar-refractivity contribution in [1.29, 1.82) is 0 Å². The van der Waals surface area contributed by atoms with Crippen molar-refractivity contribution in [2.24, 2.45) is 0 Å². The molecule has 0 aliphatic carbocycles. The fourth-order valence-corrected chi connectivity index (χ4v) is 4.67. The highest BCUT2D eigenvalue weighted by Crippen LogP contribution is 2.27. The van der Waals surface area contributed by atoms with Crippen molar-refractivity contribution < 1.29 is 9.59 Å². The molecule has 27 heavy (non-hydrogen) atoms. The minimum Gasteiger partial charge on any atom is -0.369 e. The van der Waals surface area contributed by atoms with Gasteiger partial charge in [-0.3, -0.25) is 14.6 Å². The number of nitrogens with zero attached hydrogens (tertiary/aromatic N) is 4. The Morgan fingerprint density at radius 1 is 1.00 bits per heavy atom. The normalized spacial score (nSPS) is 26.2. The zero-order valence-electron chi connectivity index (χ0n) is 16.2. The van der Waals surface area contributed by atoms with Gasteiger partial charge in [-0.25, -0.2) is 4.79 Å². The smallest absolute Gasteiger partial charge is 0.327 e. The molecule has 2 atom stereocenters. The number of hydrogen-bond acceptors (Lipinski definition) is 4. The van der Waals surface area contributed by atoms with Gasteiger partial charge in [-0.15, -0.1) is 0 Å². The molecule has 1 aromatic carbocycles. The second-order valence-electron chi connectivity index (χ2n) is 8.00. The third-order valence-electron chi connectivity index (χ3n) is 6.24. The van der Waals surface area contributed by atoms with Gasteiger partial charge in [0.2, 0.25) is 0 Å². The van der Waals surface area contributed by atoms with Crippen LogP contribution in [0.5, 0.6) is 0 Å². The predicted molar refractivity (Wildman–Crippen MR) is 106 cm³/mol. The fourth-order valence-electron chi connectivity index (χ4n) is 4.67. The highest BCUT2D eigenvalue weighted by molar-refractivity contribution is 6.04. The average Bonchev–Trinajstić information content (AvgIpc) is 3.26. The summed E-state index contributed by atoms with van der Waals surface area (Å²) in [4.78, 5) is 32.9. The molecule has 4 rings (SSSR count). The molecule has 3 aliphatic heterocycles. The van der Waals surface area contributed by atoms with Crippen LogP contribution in [-0.4, -0.2) is 78.0 Å². The van der Waals surface area contributed by atoms with Gasteiger partial charge in [-0.05, 0) is 51.3 Å². The van der Waals surface area contributed by atoms with Crippen LogP contribution < -0.4 is 4.90 Å². The van der Waals surface area contributed by atoms with E-state index in [0.29, 0.717) is 12.6 Å². The molecule has 6 heteroatoms. The van der Waals surface area contributed by atoms with Crippen LogP contribution in [0.2, 0.25) is 0 Å². The number of carbonyl (C=O) groups is 2. The summed E-state index contributed by atoms with van der Waals surface area (Å²) >= 11 is 0. The van der Waals surface area contributed by atoms with Gasteiger partial charge in [0.1, 0.15) is 6.04 Å². The summed E-state index contributed by atoms with van der Waals surface area (Å²) in [5.74, 6) is 0.0299. The first-order valence-electron chi connectivity index (χ1n) is 10.3. The maximum absolute atomic E-state index is 12.4. The summed E-state index contributed by atoms with van der Waals surface area (Å²) in [6.07, 6.45) is 3.72. The van der Waals surface area contributed by atoms with E-state index in [1.807, 2.05) is 0 Å². The van der Waals surface area contributed by atoms with Gasteiger partial charge in [0.05, 0.1) is 0 Å². The number of imide groups is 1. The van der Waals surface area contributed by atoms with Gasteiger partial charge < -0.3 is 9.80 Å². The van der Waals surface area contributed by atoms with Gasteiger partial charge in [0.25, 0.3) is 5.91 Å². The molecule has 6 nitrogen and oxygen atoms in total. The van der Waals surface area contributed by atoms with Crippen molar-refractivity contribution in [3.63, 3.8) is 0 Å². The van der Waals surface area contributed by atoms with Crippen LogP contribution >= 0.6 is 0 Å². The number of amides is 3. The Morgan fingerprint density at radius 3 is 2.52 bits per heavy atom. The van der Waals surface area contributed by atoms with E-state index >= 15 is 0 Å². The first-order chi connectivity index (χ1) is 13.1. The summed E-state index contributed by atoms with van der Waals surface area (Å²) in [6.45, 7) is 7.80. The highest BCUT2D eigenvalue weighted by Gasteiger charge is 2.46. The van der Waals surface area contributed by atoms with Crippen molar-refractivity contribution in [2.45, 2.75) is 44.7 Å². The number of para-hydroxylation sites is 1. The molecule has 3 amide bonds. The number of unbranched alkanes of at least 4 members (excludes halogenated alkanes) is 1. The number of hydrogen-bond donors (Lipinski definition) is 0. The van der Waals surface area contributed by atoms with Gasteiger partial charge in [-0.1, -0.05) is 18.2 Å². The second-order valence-corrected chi connectivity index (χ2v) is 8.00. The van der Waals surface area contributed by atoms with E-state index in [1.54, 1.807) is 4.90 Å². The van der Waals surface area contributed by atoms with Crippen LogP contribution in [0.3, 0.4) is 0 Å². The van der Waals surface area contributed by atoms with Crippen LogP contribution in [0.4, 0.5) is 10.5 Å². The maximum atomic E-state index is 12.4. The Hall–Kier alpha value is -2.08. The minimum atomic E-state index is -0.163. The van der Waals surface area contributed by atoms with Crippen LogP contribution in [0.15, 0.2) is 30.3 Å². The third-order valence-corrected chi connectivity index (χ3v) is 6.24. The lowest BCUT2D eigenvalue weighted by atomic mass is 10.1. The van der Waals surface area contributed by atoms with E-state index in [1.165, 1.54) is 10.6 Å². The molecule has 0 saturated carbocycles. The molecule has 0 bridgehead atoms. The number of piperazine rings is 1. The molecule has 0 N–H and O–H groups in total. The van der Waals surface area contributed by atoms with Gasteiger partial charge >= 0.3 is 6.03 Å². The van der Waals surface area contributed by atoms with E-state index < -0.39 is 0 Å². The summed E-state index contributed by atoms with van der Waals surface area (Å²) in [6, 6.07) is 10.9. The van der Waals surface area contributed by atoms with Gasteiger partial charge in [0, 0.05) is 44.5 Å². The van der Waals surface area contributed by atoms with Crippen LogP contribution in [0.1, 0.15) is 32.6 Å². The first kappa shape index (κ1) is 18.3. The molecule has 146 valence electrons. The topological polar surface area (TPSA) is 47.1 Å². The molecule has 0 spiro atoms. The Bertz CT molecular complexity index is 658. The van der Waals surface area contributed by atoms with Gasteiger partial charge in [0.15, 0.2) is 0 Å². The number of urea groups is 1. The molecular formula is C21H30N4O2. The largest absolute Gasteiger partial charge is 0.369 e. The molecule has 3 aliphatic rings. The van der Waals surface area contributed by atoms with E-state index in [-0.39, 0.29) is 18.0 Å². The monoisotopic (exact) mass is 370 g/mol. The summed E-state index contributed by atoms with van der Waals surface area (Å²) in [5.41, 5.74) is 1.30. The van der Waals surface area contributed by atoms with Crippen molar-refractivity contribution in [1.82, 2.24) is 14.7 Å². The molecule has 0 aromatic heterocycles. The number of rotatable bonds is 6. The molecule has 3 saturated heterocycles. The lowest BCUT2D eigenvalue weighted by molar-refractivity contribution is -0.128. The van der Waals surface area contributed by atoms with Crippen LogP contribution in [0, 0.1) is 0 Å². The van der Waals surface area contributed by atoms with Crippen molar-refractivity contribution in [3.05, 3.63) is 30.3 Å². The number of benzene rings is 1. The second kappa shape index (κ2) is 7.89. The third kappa shape index (κ3) is 3.68. The van der Waals surface area contributed by atoms with Crippen molar-refractivity contribution >= 4 is 17.6 Å². The SMILES string of the molecule is C[C@H]1CN(c2ccccc2)CCN1CCCCN1C(=O)C2CCCN2C1=O. The summed E-state index contributed by atoms with van der Waals surface area (Å²) in [5, 5.41) is 0. The molecule has 1 aromatic rings. The number of fused-ring (bicyclic) bond motifs is 1. The van der Waals surface area contributed by atoms with Gasteiger partial charge in [-0.2, -0.15) is 0 Å². The number of carbonyl (C=O) groups excluding carboxylic acids is 2. The number of anilines is 1. The minimum absolute atomic E-state index is 0.0299. The average molecular weight is 370 g/mol. The standard InChI is InChI=1S/C21H30N4O2/c1-17-16-23(18-8-3-2-4-9-18)15-14-22(17)11-5-6-12-25-20(26)19-10-7-13-24(19)21(25)27/h2-4,8-9,17,19H,5-7,10-16H2,1H3/t17-,19?/m0/s1. The zero-order chi connectivity index (χ0) is 18.8. The summed E-state index contributed by atoms with van der Waals surface area (Å²) in [7, 11) is 0. The lowest BCUT2D eigenvalue weighted by Crippen LogP contribution is -2.52. The Balaban J connectivity index is 1.20. The van der Waals surface area contributed by atoms with E-state index in [2.05, 4.69) is 47.1 Å². The Kier molecular flexibility index (Phi) is 5.34. The van der Waals surface area contributed by atoms with Crippen molar-refractivity contribution in [2.75, 3.05) is 44.2 Å². The quantitative estimate of drug-likeness (QED) is 0.570. The van der Waals surface area contributed by atoms with Crippen LogP contribution in [-0.2, 0) is 4.79 Å². The highest BCUT2D eigenvalue weighted by atomic mass is 16.2. The van der Waals surface area contributed by atoms with Crippen molar-refractivity contribution in [3.8, 4) is 0 Å². The van der Waals surface area contributed by atoms with E-state index in [4.69, 9.17) is 0 Å². The molecule has 1 unspecified atom stereocenters. The molecule has 0 radical (unpaired) electrons. The van der Waals surface area contributed by atoms with Crippen LogP contribution in [0.25, 0.3) is 0 Å². The Labute approximate surface area is 161 Å².